The number of thioether (sulfide) groups is 1. The second-order valence-corrected chi connectivity index (χ2v) is 8.58. The average Bonchev–Trinajstić information content (AvgIpc) is 2.77. The number of aromatic nitrogens is 2. The molecule has 128 valence electrons. The third kappa shape index (κ3) is 2.52. The fraction of sp³-hybridized carbons (Fsp3) is 0.529. The van der Waals surface area contributed by atoms with Crippen molar-refractivity contribution in [2.24, 2.45) is 7.05 Å². The van der Waals surface area contributed by atoms with Crippen LogP contribution in [0.15, 0.2) is 26.6 Å². The van der Waals surface area contributed by atoms with Gasteiger partial charge in [0.15, 0.2) is 0 Å². The Kier molecular flexibility index (Phi) is 4.01. The third-order valence-electron chi connectivity index (χ3n) is 5.52. The largest absolute Gasteiger partial charge is 0.328 e. The summed E-state index contributed by atoms with van der Waals surface area (Å²) in [6, 6.07) is 5.05. The zero-order chi connectivity index (χ0) is 17.0. The van der Waals surface area contributed by atoms with E-state index in [0.29, 0.717) is 33.3 Å². The zero-order valence-corrected chi connectivity index (χ0v) is 15.3. The van der Waals surface area contributed by atoms with E-state index in [-0.39, 0.29) is 5.56 Å². The molecule has 0 spiro atoms. The molecule has 0 aliphatic carbocycles. The van der Waals surface area contributed by atoms with E-state index in [1.165, 1.54) is 19.9 Å². The number of aromatic amines is 1. The standard InChI is InChI=1S/C17H20ClN3O2S/c1-20-9-3-4-10(20)8-11(7-9)24-13-6-5-12-14(15(13)18)16(22)21(2)17(23)19-12/h5-6,9-11H,3-4,7-8H2,1-2H3,(H,19,23)/t9-,10+,11?. The Balaban J connectivity index is 1.70. The number of nitrogens with one attached hydrogen (secondary N) is 1. The monoisotopic (exact) mass is 365 g/mol. The molecule has 24 heavy (non-hydrogen) atoms. The summed E-state index contributed by atoms with van der Waals surface area (Å²) in [6.45, 7) is 0. The topological polar surface area (TPSA) is 58.1 Å². The Labute approximate surface area is 149 Å². The minimum Gasteiger partial charge on any atom is -0.307 e. The van der Waals surface area contributed by atoms with Crippen molar-refractivity contribution in [1.82, 2.24) is 14.5 Å². The maximum atomic E-state index is 12.4. The zero-order valence-electron chi connectivity index (χ0n) is 13.7. The van der Waals surface area contributed by atoms with Gasteiger partial charge in [0.25, 0.3) is 5.56 Å². The number of piperidine rings is 1. The summed E-state index contributed by atoms with van der Waals surface area (Å²) in [5.74, 6) is 0. The van der Waals surface area contributed by atoms with E-state index in [1.807, 2.05) is 6.07 Å². The number of H-pyrrole nitrogens is 1. The summed E-state index contributed by atoms with van der Waals surface area (Å²) in [7, 11) is 3.69. The number of fused-ring (bicyclic) bond motifs is 3. The second-order valence-electron chi connectivity index (χ2n) is 6.86. The number of benzene rings is 1. The molecule has 2 fully saturated rings. The first-order valence-corrected chi connectivity index (χ1v) is 9.51. The van der Waals surface area contributed by atoms with Crippen molar-refractivity contribution in [2.45, 2.75) is 47.9 Å². The highest BCUT2D eigenvalue weighted by atomic mass is 35.5. The van der Waals surface area contributed by atoms with E-state index < -0.39 is 5.69 Å². The Bertz CT molecular complexity index is 908. The van der Waals surface area contributed by atoms with Gasteiger partial charge in [0.1, 0.15) is 0 Å². The van der Waals surface area contributed by atoms with E-state index in [0.717, 1.165) is 22.3 Å². The van der Waals surface area contributed by atoms with Gasteiger partial charge in [-0.05, 0) is 44.9 Å². The number of rotatable bonds is 2. The average molecular weight is 366 g/mol. The van der Waals surface area contributed by atoms with E-state index in [4.69, 9.17) is 11.6 Å². The molecule has 2 bridgehead atoms. The Hall–Kier alpha value is -1.24. The van der Waals surface area contributed by atoms with E-state index in [9.17, 15) is 9.59 Å². The Morgan fingerprint density at radius 1 is 1.17 bits per heavy atom. The van der Waals surface area contributed by atoms with Crippen LogP contribution in [0.1, 0.15) is 25.7 Å². The lowest BCUT2D eigenvalue weighted by atomic mass is 10.0. The van der Waals surface area contributed by atoms with Gasteiger partial charge in [-0.25, -0.2) is 4.79 Å². The highest BCUT2D eigenvalue weighted by Gasteiger charge is 2.38. The van der Waals surface area contributed by atoms with Crippen molar-refractivity contribution in [3.8, 4) is 0 Å². The SMILES string of the molecule is CN1[C@@H]2CC[C@H]1CC(Sc1ccc3[nH]c(=O)n(C)c(=O)c3c1Cl)C2. The molecule has 5 nitrogen and oxygen atoms in total. The summed E-state index contributed by atoms with van der Waals surface area (Å²) in [6.07, 6.45) is 4.89. The van der Waals surface area contributed by atoms with Gasteiger partial charge in [-0.3, -0.25) is 9.36 Å². The van der Waals surface area contributed by atoms with Gasteiger partial charge in [0.2, 0.25) is 0 Å². The second kappa shape index (κ2) is 5.93. The van der Waals surface area contributed by atoms with Crippen molar-refractivity contribution in [3.05, 3.63) is 38.0 Å². The molecule has 0 amide bonds. The van der Waals surface area contributed by atoms with E-state index in [1.54, 1.807) is 17.8 Å². The molecule has 1 aromatic carbocycles. The minimum atomic E-state index is -0.420. The quantitative estimate of drug-likeness (QED) is 0.888. The summed E-state index contributed by atoms with van der Waals surface area (Å²) >= 11 is 8.32. The summed E-state index contributed by atoms with van der Waals surface area (Å²) in [5, 5.41) is 1.39. The smallest absolute Gasteiger partial charge is 0.307 e. The first-order valence-electron chi connectivity index (χ1n) is 8.26. The summed E-state index contributed by atoms with van der Waals surface area (Å²) in [5.41, 5.74) is -0.263. The fourth-order valence-electron chi connectivity index (χ4n) is 4.06. The maximum Gasteiger partial charge on any atom is 0.328 e. The third-order valence-corrected chi connectivity index (χ3v) is 7.34. The minimum absolute atomic E-state index is 0.343. The van der Waals surface area contributed by atoms with Crippen LogP contribution in [0.4, 0.5) is 0 Å². The van der Waals surface area contributed by atoms with Gasteiger partial charge in [-0.15, -0.1) is 11.8 Å². The van der Waals surface area contributed by atoms with Crippen LogP contribution in [0, 0.1) is 0 Å². The summed E-state index contributed by atoms with van der Waals surface area (Å²) in [4.78, 5) is 30.3. The lowest BCUT2D eigenvalue weighted by Crippen LogP contribution is -2.40. The van der Waals surface area contributed by atoms with Crippen molar-refractivity contribution >= 4 is 34.3 Å². The van der Waals surface area contributed by atoms with E-state index >= 15 is 0 Å². The van der Waals surface area contributed by atoms with Crippen LogP contribution in [0.25, 0.3) is 10.9 Å². The van der Waals surface area contributed by atoms with Gasteiger partial charge in [0, 0.05) is 29.3 Å². The van der Waals surface area contributed by atoms with Crippen LogP contribution in [-0.4, -0.2) is 38.8 Å². The van der Waals surface area contributed by atoms with Gasteiger partial charge in [-0.2, -0.15) is 0 Å². The van der Waals surface area contributed by atoms with Gasteiger partial charge < -0.3 is 9.88 Å². The number of nitrogens with zero attached hydrogens (tertiary/aromatic N) is 2. The van der Waals surface area contributed by atoms with Gasteiger partial charge >= 0.3 is 5.69 Å². The van der Waals surface area contributed by atoms with Crippen molar-refractivity contribution in [3.63, 3.8) is 0 Å². The van der Waals surface area contributed by atoms with Crippen LogP contribution < -0.4 is 11.2 Å². The van der Waals surface area contributed by atoms with Crippen LogP contribution in [0.3, 0.4) is 0 Å². The van der Waals surface area contributed by atoms with Crippen LogP contribution in [-0.2, 0) is 7.05 Å². The molecule has 0 saturated carbocycles. The van der Waals surface area contributed by atoms with Crippen molar-refractivity contribution in [1.29, 1.82) is 0 Å². The molecule has 4 rings (SSSR count). The first-order chi connectivity index (χ1) is 11.5. The maximum absolute atomic E-state index is 12.4. The van der Waals surface area contributed by atoms with Crippen molar-refractivity contribution < 1.29 is 0 Å². The number of hydrogen-bond donors (Lipinski definition) is 1. The van der Waals surface area contributed by atoms with Crippen LogP contribution >= 0.6 is 23.4 Å². The fourth-order valence-corrected chi connectivity index (χ4v) is 5.78. The molecule has 7 heteroatoms. The highest BCUT2D eigenvalue weighted by molar-refractivity contribution is 8.00. The highest BCUT2D eigenvalue weighted by Crippen LogP contribution is 2.43. The van der Waals surface area contributed by atoms with E-state index in [2.05, 4.69) is 16.9 Å². The molecule has 2 aliphatic rings. The Morgan fingerprint density at radius 2 is 1.83 bits per heavy atom. The normalized spacial score (nSPS) is 27.0. The molecular weight excluding hydrogens is 346 g/mol. The molecule has 1 unspecified atom stereocenters. The molecule has 0 radical (unpaired) electrons. The van der Waals surface area contributed by atoms with Crippen LogP contribution in [0.2, 0.25) is 5.02 Å². The summed E-state index contributed by atoms with van der Waals surface area (Å²) < 4.78 is 1.07. The molecule has 2 saturated heterocycles. The number of hydrogen-bond acceptors (Lipinski definition) is 4. The molecule has 2 aliphatic heterocycles. The Morgan fingerprint density at radius 3 is 2.50 bits per heavy atom. The molecule has 3 heterocycles. The first kappa shape index (κ1) is 16.2. The predicted molar refractivity (Wildman–Crippen MR) is 98.3 cm³/mol. The van der Waals surface area contributed by atoms with Gasteiger partial charge in [0.05, 0.1) is 15.9 Å². The lowest BCUT2D eigenvalue weighted by molar-refractivity contribution is 0.183. The predicted octanol–water partition coefficient (Wildman–Crippen LogP) is 2.60. The molecular formula is C17H20ClN3O2S. The molecule has 1 aromatic heterocycles. The molecule has 1 N–H and O–H groups in total. The molecule has 3 atom stereocenters. The molecule has 2 aromatic rings. The van der Waals surface area contributed by atoms with Crippen LogP contribution in [0.5, 0.6) is 0 Å². The van der Waals surface area contributed by atoms with Crippen molar-refractivity contribution in [2.75, 3.05) is 7.05 Å². The lowest BCUT2D eigenvalue weighted by Gasteiger charge is -2.36. The number of halogens is 1. The van der Waals surface area contributed by atoms with Gasteiger partial charge in [-0.1, -0.05) is 11.6 Å².